The number of amides is 1. The van der Waals surface area contributed by atoms with Crippen LogP contribution in [0.5, 0.6) is 0 Å². The van der Waals surface area contributed by atoms with Crippen LogP contribution in [0.3, 0.4) is 0 Å². The number of halogens is 2. The van der Waals surface area contributed by atoms with Crippen LogP contribution >= 0.6 is 34.8 Å². The molecule has 0 heterocycles. The first-order valence-corrected chi connectivity index (χ1v) is 7.17. The summed E-state index contributed by atoms with van der Waals surface area (Å²) >= 11 is 7.11. The zero-order valence-electron chi connectivity index (χ0n) is 10.2. The average molecular weight is 400 g/mol. The Morgan fingerprint density at radius 2 is 1.90 bits per heavy atom. The lowest BCUT2D eigenvalue weighted by Crippen LogP contribution is -2.34. The zero-order valence-corrected chi connectivity index (χ0v) is 13.2. The van der Waals surface area contributed by atoms with Crippen LogP contribution in [0.1, 0.15) is 10.4 Å². The van der Waals surface area contributed by atoms with Crippen molar-refractivity contribution in [3.8, 4) is 0 Å². The van der Waals surface area contributed by atoms with Gasteiger partial charge in [0.25, 0.3) is 5.91 Å². The van der Waals surface area contributed by atoms with Gasteiger partial charge in [-0.3, -0.25) is 10.1 Å². The summed E-state index contributed by atoms with van der Waals surface area (Å²) in [6.07, 6.45) is 0. The van der Waals surface area contributed by atoms with Crippen molar-refractivity contribution in [2.24, 2.45) is 0 Å². The maximum absolute atomic E-state index is 13.4. The first kappa shape index (κ1) is 14.9. The van der Waals surface area contributed by atoms with E-state index in [1.807, 2.05) is 6.07 Å². The van der Waals surface area contributed by atoms with E-state index >= 15 is 0 Å². The van der Waals surface area contributed by atoms with E-state index in [9.17, 15) is 9.18 Å². The van der Waals surface area contributed by atoms with Crippen molar-refractivity contribution in [3.63, 3.8) is 0 Å². The van der Waals surface area contributed by atoms with Crippen molar-refractivity contribution in [1.29, 1.82) is 0 Å². The van der Waals surface area contributed by atoms with E-state index < -0.39 is 5.82 Å². The molecule has 0 aliphatic rings. The standard InChI is InChI=1S/C14H10FIN2OS/c15-11-6-1-2-7-12(11)17-14(20)18-13(19)9-4-3-5-10(16)8-9/h1-8H,(H2,17,18,19,20). The van der Waals surface area contributed by atoms with Gasteiger partial charge in [0.15, 0.2) is 5.11 Å². The van der Waals surface area contributed by atoms with Gasteiger partial charge in [-0.25, -0.2) is 4.39 Å². The van der Waals surface area contributed by atoms with Crippen LogP contribution in [0.15, 0.2) is 48.5 Å². The van der Waals surface area contributed by atoms with E-state index in [1.54, 1.807) is 36.4 Å². The Labute approximate surface area is 134 Å². The molecule has 0 saturated heterocycles. The fourth-order valence-electron chi connectivity index (χ4n) is 1.52. The second-order valence-electron chi connectivity index (χ2n) is 3.90. The molecule has 0 fully saturated rings. The second kappa shape index (κ2) is 6.76. The Hall–Kier alpha value is -1.54. The minimum atomic E-state index is -0.432. The molecular weight excluding hydrogens is 390 g/mol. The molecule has 102 valence electrons. The summed E-state index contributed by atoms with van der Waals surface area (Å²) in [7, 11) is 0. The van der Waals surface area contributed by atoms with E-state index in [0.29, 0.717) is 5.56 Å². The molecule has 0 bridgehead atoms. The predicted octanol–water partition coefficient (Wildman–Crippen LogP) is 3.56. The molecule has 2 rings (SSSR count). The Bertz CT molecular complexity index is 663. The van der Waals surface area contributed by atoms with Crippen molar-refractivity contribution in [1.82, 2.24) is 5.32 Å². The molecule has 0 aromatic heterocycles. The third-order valence-electron chi connectivity index (χ3n) is 2.44. The molecule has 0 aliphatic heterocycles. The Kier molecular flexibility index (Phi) is 5.02. The summed E-state index contributed by atoms with van der Waals surface area (Å²) < 4.78 is 14.4. The second-order valence-corrected chi connectivity index (χ2v) is 5.55. The van der Waals surface area contributed by atoms with Gasteiger partial charge in [-0.05, 0) is 65.1 Å². The monoisotopic (exact) mass is 400 g/mol. The first-order valence-electron chi connectivity index (χ1n) is 5.68. The molecule has 3 nitrogen and oxygen atoms in total. The van der Waals surface area contributed by atoms with Crippen LogP contribution in [0.25, 0.3) is 0 Å². The van der Waals surface area contributed by atoms with E-state index in [0.717, 1.165) is 3.57 Å². The van der Waals surface area contributed by atoms with Gasteiger partial charge < -0.3 is 5.32 Å². The van der Waals surface area contributed by atoms with Crippen molar-refractivity contribution in [2.45, 2.75) is 0 Å². The van der Waals surface area contributed by atoms with Gasteiger partial charge in [-0.1, -0.05) is 18.2 Å². The molecule has 2 aromatic carbocycles. The Balaban J connectivity index is 2.02. The number of para-hydroxylation sites is 1. The quantitative estimate of drug-likeness (QED) is 0.599. The smallest absolute Gasteiger partial charge is 0.257 e. The molecule has 0 aliphatic carbocycles. The third kappa shape index (κ3) is 3.97. The van der Waals surface area contributed by atoms with Gasteiger partial charge in [-0.2, -0.15) is 0 Å². The number of carbonyl (C=O) groups excluding carboxylic acids is 1. The molecule has 0 saturated carbocycles. The largest absolute Gasteiger partial charge is 0.330 e. The highest BCUT2D eigenvalue weighted by atomic mass is 127. The summed E-state index contributed by atoms with van der Waals surface area (Å²) in [4.78, 5) is 11.9. The van der Waals surface area contributed by atoms with Crippen LogP contribution < -0.4 is 10.6 Å². The molecule has 0 radical (unpaired) electrons. The lowest BCUT2D eigenvalue weighted by Gasteiger charge is -2.10. The van der Waals surface area contributed by atoms with Gasteiger partial charge in [0.1, 0.15) is 5.82 Å². The van der Waals surface area contributed by atoms with Crippen LogP contribution in [-0.2, 0) is 0 Å². The number of carbonyl (C=O) groups is 1. The number of anilines is 1. The molecular formula is C14H10FIN2OS. The van der Waals surface area contributed by atoms with Crippen molar-refractivity contribution in [3.05, 3.63) is 63.5 Å². The molecule has 6 heteroatoms. The minimum Gasteiger partial charge on any atom is -0.330 e. The average Bonchev–Trinajstić information content (AvgIpc) is 2.41. The van der Waals surface area contributed by atoms with E-state index in [1.165, 1.54) is 6.07 Å². The maximum atomic E-state index is 13.4. The number of nitrogens with one attached hydrogen (secondary N) is 2. The summed E-state index contributed by atoms with van der Waals surface area (Å²) in [6.45, 7) is 0. The minimum absolute atomic E-state index is 0.0546. The maximum Gasteiger partial charge on any atom is 0.257 e. The third-order valence-corrected chi connectivity index (χ3v) is 3.31. The van der Waals surface area contributed by atoms with Crippen molar-refractivity contribution in [2.75, 3.05) is 5.32 Å². The lowest BCUT2D eigenvalue weighted by atomic mass is 10.2. The highest BCUT2D eigenvalue weighted by Gasteiger charge is 2.09. The van der Waals surface area contributed by atoms with Crippen LogP contribution in [0, 0.1) is 9.39 Å². The van der Waals surface area contributed by atoms with Crippen LogP contribution in [-0.4, -0.2) is 11.0 Å². The van der Waals surface area contributed by atoms with E-state index in [-0.39, 0.29) is 16.7 Å². The lowest BCUT2D eigenvalue weighted by molar-refractivity contribution is 0.0977. The van der Waals surface area contributed by atoms with Gasteiger partial charge in [-0.15, -0.1) is 0 Å². The molecule has 2 N–H and O–H groups in total. The normalized spacial score (nSPS) is 9.90. The molecule has 1 amide bonds. The van der Waals surface area contributed by atoms with Gasteiger partial charge in [0.2, 0.25) is 0 Å². The van der Waals surface area contributed by atoms with Gasteiger partial charge in [0.05, 0.1) is 5.69 Å². The van der Waals surface area contributed by atoms with Crippen LogP contribution in [0.4, 0.5) is 10.1 Å². The highest BCUT2D eigenvalue weighted by molar-refractivity contribution is 14.1. The molecule has 0 spiro atoms. The van der Waals surface area contributed by atoms with Crippen molar-refractivity contribution >= 4 is 51.5 Å². The Morgan fingerprint density at radius 1 is 1.15 bits per heavy atom. The van der Waals surface area contributed by atoms with Gasteiger partial charge in [0, 0.05) is 9.13 Å². The summed E-state index contributed by atoms with van der Waals surface area (Å²) in [5.41, 5.74) is 0.718. The number of benzene rings is 2. The summed E-state index contributed by atoms with van der Waals surface area (Å²) in [5.74, 6) is -0.768. The summed E-state index contributed by atoms with van der Waals surface area (Å²) in [5, 5.41) is 5.21. The molecule has 0 atom stereocenters. The fraction of sp³-hybridized carbons (Fsp3) is 0. The number of rotatable bonds is 2. The number of hydrogen-bond acceptors (Lipinski definition) is 2. The topological polar surface area (TPSA) is 41.1 Å². The first-order chi connectivity index (χ1) is 9.56. The number of thiocarbonyl (C=S) groups is 1. The molecule has 20 heavy (non-hydrogen) atoms. The van der Waals surface area contributed by atoms with Crippen molar-refractivity contribution < 1.29 is 9.18 Å². The van der Waals surface area contributed by atoms with Crippen LogP contribution in [0.2, 0.25) is 0 Å². The zero-order chi connectivity index (χ0) is 14.5. The van der Waals surface area contributed by atoms with Gasteiger partial charge >= 0.3 is 0 Å². The highest BCUT2D eigenvalue weighted by Crippen LogP contribution is 2.12. The molecule has 2 aromatic rings. The van der Waals surface area contributed by atoms with E-state index in [2.05, 4.69) is 33.2 Å². The van der Waals surface area contributed by atoms with E-state index in [4.69, 9.17) is 12.2 Å². The number of hydrogen-bond donors (Lipinski definition) is 2. The SMILES string of the molecule is O=C(NC(=S)Nc1ccccc1F)c1cccc(I)c1. The fourth-order valence-corrected chi connectivity index (χ4v) is 2.27. The predicted molar refractivity (Wildman–Crippen MR) is 89.2 cm³/mol. The Morgan fingerprint density at radius 3 is 2.60 bits per heavy atom. The molecule has 0 unspecified atom stereocenters. The summed E-state index contributed by atoms with van der Waals surface area (Å²) in [6, 6.07) is 13.2.